The van der Waals surface area contributed by atoms with Gasteiger partial charge in [0.05, 0.1) is 24.1 Å². The summed E-state index contributed by atoms with van der Waals surface area (Å²) in [6, 6.07) is 1.62. The van der Waals surface area contributed by atoms with Crippen molar-refractivity contribution in [1.29, 1.82) is 0 Å². The number of rotatable bonds is 6. The van der Waals surface area contributed by atoms with Gasteiger partial charge < -0.3 is 7.97 Å². The van der Waals surface area contributed by atoms with Crippen LogP contribution >= 0.6 is 23.0 Å². The average molecular weight is 497 g/mol. The van der Waals surface area contributed by atoms with Crippen molar-refractivity contribution >= 4 is 28.7 Å². The first-order chi connectivity index (χ1) is 13.0. The summed E-state index contributed by atoms with van der Waals surface area (Å²) in [5.74, 6) is 0.390. The third-order valence-corrected chi connectivity index (χ3v) is 6.18. The molecule has 27 heavy (non-hydrogen) atoms. The molecule has 3 rings (SSSR count). The fourth-order valence-electron chi connectivity index (χ4n) is 4.45. The van der Waals surface area contributed by atoms with Crippen LogP contribution in [0.15, 0.2) is 18.5 Å². The highest BCUT2D eigenvalue weighted by Gasteiger charge is 2.36. The number of likely N-dealkylation sites (tertiary alicyclic amines) is 1. The summed E-state index contributed by atoms with van der Waals surface area (Å²) in [4.78, 5) is 8.38. The van der Waals surface area contributed by atoms with Gasteiger partial charge in [0, 0.05) is 31.9 Å². The van der Waals surface area contributed by atoms with E-state index in [4.69, 9.17) is 3.07 Å². The number of pyridine rings is 1. The molecule has 0 amide bonds. The molecule has 3 heterocycles. The van der Waals surface area contributed by atoms with Crippen LogP contribution in [0.4, 0.5) is 18.9 Å². The van der Waals surface area contributed by atoms with E-state index in [1.807, 2.05) is 27.9 Å². The standard InChI is InChI=1S/C19H27F3IN3O/c20-19(21,22)17-6-8-24-12-18(17)26-10-3-4-15(14-26)13-25-9-2-1-5-16(25)7-11-27-23/h6,8,12,15-16H,1-5,7,9-11,13-14H2/t15-,16-/m0/s1. The molecule has 0 radical (unpaired) electrons. The smallest absolute Gasteiger partial charge is 0.369 e. The van der Waals surface area contributed by atoms with Gasteiger partial charge in [-0.3, -0.25) is 9.88 Å². The number of piperidine rings is 2. The van der Waals surface area contributed by atoms with Crippen molar-refractivity contribution in [3.8, 4) is 0 Å². The Balaban J connectivity index is 1.66. The lowest BCUT2D eigenvalue weighted by molar-refractivity contribution is -0.137. The lowest BCUT2D eigenvalue weighted by Crippen LogP contribution is -2.47. The maximum Gasteiger partial charge on any atom is 0.418 e. The van der Waals surface area contributed by atoms with Crippen LogP contribution in [0.5, 0.6) is 0 Å². The maximum atomic E-state index is 13.4. The zero-order valence-electron chi connectivity index (χ0n) is 15.4. The van der Waals surface area contributed by atoms with E-state index in [1.165, 1.54) is 31.7 Å². The Morgan fingerprint density at radius 2 is 2.04 bits per heavy atom. The van der Waals surface area contributed by atoms with Gasteiger partial charge >= 0.3 is 6.18 Å². The lowest BCUT2D eigenvalue weighted by Gasteiger charge is -2.41. The van der Waals surface area contributed by atoms with Gasteiger partial charge in [0.2, 0.25) is 0 Å². The number of hydrogen-bond acceptors (Lipinski definition) is 4. The number of aromatic nitrogens is 1. The van der Waals surface area contributed by atoms with E-state index < -0.39 is 11.7 Å². The van der Waals surface area contributed by atoms with Gasteiger partial charge in [-0.25, -0.2) is 0 Å². The number of halogens is 4. The first kappa shape index (κ1) is 21.1. The Morgan fingerprint density at radius 3 is 2.81 bits per heavy atom. The average Bonchev–Trinajstić information content (AvgIpc) is 2.67. The Hall–Kier alpha value is -0.610. The van der Waals surface area contributed by atoms with Crippen LogP contribution in [0.3, 0.4) is 0 Å². The molecule has 2 atom stereocenters. The molecule has 4 nitrogen and oxygen atoms in total. The summed E-state index contributed by atoms with van der Waals surface area (Å²) in [5, 5.41) is 0. The predicted molar refractivity (Wildman–Crippen MR) is 108 cm³/mol. The van der Waals surface area contributed by atoms with E-state index in [0.29, 0.717) is 25.0 Å². The van der Waals surface area contributed by atoms with Crippen molar-refractivity contribution in [2.24, 2.45) is 5.92 Å². The Bertz CT molecular complexity index is 602. The highest BCUT2D eigenvalue weighted by atomic mass is 127. The normalized spacial score (nSPS) is 25.0. The predicted octanol–water partition coefficient (Wildman–Crippen LogP) is 4.93. The summed E-state index contributed by atoms with van der Waals surface area (Å²) >= 11 is 1.94. The van der Waals surface area contributed by atoms with E-state index in [-0.39, 0.29) is 5.69 Å². The summed E-state index contributed by atoms with van der Waals surface area (Å²) < 4.78 is 45.3. The maximum absolute atomic E-state index is 13.4. The highest BCUT2D eigenvalue weighted by Crippen LogP contribution is 2.37. The molecule has 2 aliphatic rings. The lowest BCUT2D eigenvalue weighted by atomic mass is 9.93. The van der Waals surface area contributed by atoms with E-state index in [1.54, 1.807) is 0 Å². The Morgan fingerprint density at radius 1 is 1.19 bits per heavy atom. The minimum atomic E-state index is -4.34. The molecule has 2 fully saturated rings. The molecule has 0 aliphatic carbocycles. The minimum Gasteiger partial charge on any atom is -0.369 e. The van der Waals surface area contributed by atoms with Gasteiger partial charge in [-0.1, -0.05) is 6.42 Å². The van der Waals surface area contributed by atoms with Crippen LogP contribution in [-0.4, -0.2) is 48.7 Å². The summed E-state index contributed by atoms with van der Waals surface area (Å²) in [7, 11) is 0. The first-order valence-corrected chi connectivity index (χ1v) is 10.6. The largest absolute Gasteiger partial charge is 0.418 e. The summed E-state index contributed by atoms with van der Waals surface area (Å²) in [5.41, 5.74) is -0.351. The molecule has 0 N–H and O–H groups in total. The SMILES string of the molecule is FC(F)(F)c1ccncc1N1CCC[C@@H](CN2CCCC[C@H]2CCOI)C1. The third-order valence-electron chi connectivity index (χ3n) is 5.74. The Kier molecular flexibility index (Phi) is 7.61. The molecule has 0 unspecified atom stereocenters. The van der Waals surface area contributed by atoms with Crippen LogP contribution in [0, 0.1) is 5.92 Å². The van der Waals surface area contributed by atoms with Gasteiger partial charge in [0.25, 0.3) is 0 Å². The van der Waals surface area contributed by atoms with Gasteiger partial charge in [-0.15, -0.1) is 0 Å². The van der Waals surface area contributed by atoms with Crippen molar-refractivity contribution < 1.29 is 16.2 Å². The number of nitrogens with zero attached hydrogens (tertiary/aromatic N) is 3. The molecule has 1 aromatic heterocycles. The van der Waals surface area contributed by atoms with Crippen molar-refractivity contribution in [2.45, 2.75) is 50.7 Å². The van der Waals surface area contributed by atoms with Gasteiger partial charge in [0.1, 0.15) is 23.0 Å². The van der Waals surface area contributed by atoms with Gasteiger partial charge in [0.15, 0.2) is 0 Å². The topological polar surface area (TPSA) is 28.6 Å². The molecule has 2 saturated heterocycles. The molecule has 2 aliphatic heterocycles. The second-order valence-electron chi connectivity index (χ2n) is 7.59. The summed E-state index contributed by atoms with van der Waals surface area (Å²) in [6.07, 6.45) is 4.92. The van der Waals surface area contributed by atoms with Crippen LogP contribution in [0.1, 0.15) is 44.1 Å². The first-order valence-electron chi connectivity index (χ1n) is 9.72. The van der Waals surface area contributed by atoms with E-state index in [2.05, 4.69) is 9.88 Å². The van der Waals surface area contributed by atoms with Gasteiger partial charge in [-0.05, 0) is 50.6 Å². The van der Waals surface area contributed by atoms with E-state index in [0.717, 1.165) is 45.0 Å². The fraction of sp³-hybridized carbons (Fsp3) is 0.737. The van der Waals surface area contributed by atoms with Crippen LogP contribution in [-0.2, 0) is 9.24 Å². The number of hydrogen-bond donors (Lipinski definition) is 0. The molecule has 0 spiro atoms. The molecule has 0 bridgehead atoms. The molecule has 152 valence electrons. The second kappa shape index (κ2) is 9.73. The zero-order chi connectivity index (χ0) is 19.3. The van der Waals surface area contributed by atoms with Crippen molar-refractivity contribution in [3.05, 3.63) is 24.0 Å². The quantitative estimate of drug-likeness (QED) is 0.522. The van der Waals surface area contributed by atoms with Crippen LogP contribution < -0.4 is 4.90 Å². The van der Waals surface area contributed by atoms with E-state index in [9.17, 15) is 13.2 Å². The molecule has 8 heteroatoms. The van der Waals surface area contributed by atoms with Gasteiger partial charge in [-0.2, -0.15) is 13.2 Å². The molecule has 0 aromatic carbocycles. The molecular formula is C19H27F3IN3O. The highest BCUT2D eigenvalue weighted by molar-refractivity contribution is 14.1. The fourth-order valence-corrected chi connectivity index (χ4v) is 4.70. The number of anilines is 1. The second-order valence-corrected chi connectivity index (χ2v) is 8.21. The Labute approximate surface area is 173 Å². The summed E-state index contributed by atoms with van der Waals surface area (Å²) in [6.45, 7) is 4.13. The molecule has 0 saturated carbocycles. The van der Waals surface area contributed by atoms with Crippen LogP contribution in [0.2, 0.25) is 0 Å². The molecule has 1 aromatic rings. The third kappa shape index (κ3) is 5.69. The van der Waals surface area contributed by atoms with Crippen molar-refractivity contribution in [3.63, 3.8) is 0 Å². The van der Waals surface area contributed by atoms with Crippen molar-refractivity contribution in [2.75, 3.05) is 37.7 Å². The van der Waals surface area contributed by atoms with Crippen molar-refractivity contribution in [1.82, 2.24) is 9.88 Å². The van der Waals surface area contributed by atoms with E-state index >= 15 is 0 Å². The monoisotopic (exact) mass is 497 g/mol. The molecular weight excluding hydrogens is 470 g/mol. The van der Waals surface area contributed by atoms with Crippen LogP contribution in [0.25, 0.3) is 0 Å². The zero-order valence-corrected chi connectivity index (χ0v) is 17.6. The minimum absolute atomic E-state index is 0.225. The number of alkyl halides is 3.